The molecule has 0 amide bonds. The summed E-state index contributed by atoms with van der Waals surface area (Å²) in [6.45, 7) is 4.29. The van der Waals surface area contributed by atoms with E-state index in [1.165, 1.54) is 44.0 Å². The minimum Gasteiger partial charge on any atom is -0.455 e. The highest BCUT2D eigenvalue weighted by molar-refractivity contribution is 6.20. The van der Waals surface area contributed by atoms with Gasteiger partial charge in [-0.05, 0) is 35.9 Å². The number of hydrogen-bond donors (Lipinski definition) is 0. The molecule has 1 nitrogen and oxygen atoms in total. The summed E-state index contributed by atoms with van der Waals surface area (Å²) in [5.41, 5.74) is 7.34. The lowest BCUT2D eigenvalue weighted by Crippen LogP contribution is -1.81. The van der Waals surface area contributed by atoms with Gasteiger partial charge in [0.1, 0.15) is 11.3 Å². The maximum Gasteiger partial charge on any atom is 0.143 e. The van der Waals surface area contributed by atoms with Crippen molar-refractivity contribution in [2.75, 3.05) is 0 Å². The van der Waals surface area contributed by atoms with Gasteiger partial charge >= 0.3 is 0 Å². The molecule has 1 aliphatic carbocycles. The predicted octanol–water partition coefficient (Wildman–Crippen LogP) is 5.85. The van der Waals surface area contributed by atoms with Crippen LogP contribution in [0.1, 0.15) is 11.1 Å². The van der Waals surface area contributed by atoms with E-state index in [1.54, 1.807) is 0 Å². The molecule has 0 unspecified atom stereocenters. The van der Waals surface area contributed by atoms with Crippen molar-refractivity contribution in [2.45, 2.75) is 13.8 Å². The molecule has 0 N–H and O–H groups in total. The van der Waals surface area contributed by atoms with E-state index in [2.05, 4.69) is 62.4 Å². The van der Waals surface area contributed by atoms with Gasteiger partial charge in [-0.15, -0.1) is 0 Å². The third kappa shape index (κ3) is 1.22. The van der Waals surface area contributed by atoms with E-state index in [9.17, 15) is 0 Å². The molecule has 1 heterocycles. The van der Waals surface area contributed by atoms with Crippen LogP contribution in [0.25, 0.3) is 44.2 Å². The molecule has 0 saturated heterocycles. The van der Waals surface area contributed by atoms with Crippen LogP contribution in [0.4, 0.5) is 0 Å². The Kier molecular flexibility index (Phi) is 1.89. The summed E-state index contributed by atoms with van der Waals surface area (Å²) in [7, 11) is 0. The van der Waals surface area contributed by atoms with Crippen LogP contribution in [0.5, 0.6) is 0 Å². The zero-order valence-electron chi connectivity index (χ0n) is 12.0. The van der Waals surface area contributed by atoms with E-state index < -0.39 is 0 Å². The van der Waals surface area contributed by atoms with Gasteiger partial charge in [-0.2, -0.15) is 0 Å². The molecule has 21 heavy (non-hydrogen) atoms. The quantitative estimate of drug-likeness (QED) is 0.344. The third-order valence-electron chi connectivity index (χ3n) is 4.66. The molecule has 0 spiro atoms. The summed E-state index contributed by atoms with van der Waals surface area (Å²) in [4.78, 5) is 0. The van der Waals surface area contributed by atoms with Gasteiger partial charge in [0.2, 0.25) is 0 Å². The zero-order valence-corrected chi connectivity index (χ0v) is 12.0. The smallest absolute Gasteiger partial charge is 0.143 e. The summed E-state index contributed by atoms with van der Waals surface area (Å²) in [6, 6.07) is 17.3. The van der Waals surface area contributed by atoms with Gasteiger partial charge in [-0.25, -0.2) is 0 Å². The van der Waals surface area contributed by atoms with Crippen molar-refractivity contribution in [3.8, 4) is 22.5 Å². The van der Waals surface area contributed by atoms with Crippen molar-refractivity contribution in [3.63, 3.8) is 0 Å². The molecular formula is C20H14O. The first-order chi connectivity index (χ1) is 10.3. The van der Waals surface area contributed by atoms with Gasteiger partial charge in [-0.1, -0.05) is 48.5 Å². The van der Waals surface area contributed by atoms with Crippen molar-refractivity contribution in [1.82, 2.24) is 0 Å². The molecule has 100 valence electrons. The lowest BCUT2D eigenvalue weighted by Gasteiger charge is -2.04. The number of rotatable bonds is 0. The highest BCUT2D eigenvalue weighted by atomic mass is 16.3. The molecule has 0 fully saturated rings. The van der Waals surface area contributed by atoms with E-state index in [4.69, 9.17) is 4.42 Å². The molecule has 1 aliphatic rings. The Labute approximate surface area is 122 Å². The Balaban J connectivity index is 2.08. The van der Waals surface area contributed by atoms with Gasteiger partial charge in [0.25, 0.3) is 0 Å². The van der Waals surface area contributed by atoms with Crippen molar-refractivity contribution in [3.05, 3.63) is 59.7 Å². The fraction of sp³-hybridized carbons (Fsp3) is 0.100. The van der Waals surface area contributed by atoms with Gasteiger partial charge in [-0.3, -0.25) is 0 Å². The van der Waals surface area contributed by atoms with Gasteiger partial charge in [0, 0.05) is 21.9 Å². The second kappa shape index (κ2) is 3.56. The molecule has 0 radical (unpaired) electrons. The lowest BCUT2D eigenvalue weighted by atomic mass is 9.98. The standard InChI is InChI=1S/C20H14O/c1-11-9-10-12(2)19-16(11)18-14-7-3-5-13-6-4-8-15(17(13)14)20(18)21-19/h3-10H,1-2H3. The van der Waals surface area contributed by atoms with Crippen LogP contribution in [-0.2, 0) is 0 Å². The maximum absolute atomic E-state index is 6.29. The van der Waals surface area contributed by atoms with Gasteiger partial charge in [0.15, 0.2) is 0 Å². The van der Waals surface area contributed by atoms with Gasteiger partial charge in [0.05, 0.1) is 0 Å². The van der Waals surface area contributed by atoms with Crippen molar-refractivity contribution in [1.29, 1.82) is 0 Å². The van der Waals surface area contributed by atoms with E-state index in [0.717, 1.165) is 11.3 Å². The summed E-state index contributed by atoms with van der Waals surface area (Å²) in [6.07, 6.45) is 0. The maximum atomic E-state index is 6.29. The van der Waals surface area contributed by atoms with E-state index in [1.807, 2.05) is 0 Å². The second-order valence-corrected chi connectivity index (χ2v) is 5.92. The van der Waals surface area contributed by atoms with Crippen molar-refractivity contribution in [2.24, 2.45) is 0 Å². The van der Waals surface area contributed by atoms with E-state index in [-0.39, 0.29) is 0 Å². The molecule has 0 atom stereocenters. The zero-order chi connectivity index (χ0) is 14.1. The van der Waals surface area contributed by atoms with Crippen LogP contribution < -0.4 is 0 Å². The monoisotopic (exact) mass is 270 g/mol. The Morgan fingerprint density at radius 3 is 2.24 bits per heavy atom. The van der Waals surface area contributed by atoms with Crippen LogP contribution in [0, 0.1) is 13.8 Å². The third-order valence-corrected chi connectivity index (χ3v) is 4.66. The predicted molar refractivity (Wildman–Crippen MR) is 87.6 cm³/mol. The normalized spacial score (nSPS) is 12.3. The summed E-state index contributed by atoms with van der Waals surface area (Å²) in [5, 5.41) is 3.89. The molecule has 4 aromatic rings. The first kappa shape index (κ1) is 11.2. The Bertz CT molecular complexity index is 1050. The van der Waals surface area contributed by atoms with Crippen molar-refractivity contribution >= 4 is 21.7 Å². The highest BCUT2D eigenvalue weighted by Crippen LogP contribution is 2.52. The highest BCUT2D eigenvalue weighted by Gasteiger charge is 2.28. The van der Waals surface area contributed by atoms with E-state index >= 15 is 0 Å². The minimum absolute atomic E-state index is 1.03. The lowest BCUT2D eigenvalue weighted by molar-refractivity contribution is 0.631. The van der Waals surface area contributed by atoms with Crippen LogP contribution in [0.15, 0.2) is 52.9 Å². The molecule has 3 aromatic carbocycles. The average Bonchev–Trinajstić information content (AvgIpc) is 3.03. The first-order valence-corrected chi connectivity index (χ1v) is 7.31. The number of benzene rings is 3. The number of aryl methyl sites for hydroxylation is 2. The van der Waals surface area contributed by atoms with Crippen LogP contribution in [0.2, 0.25) is 0 Å². The minimum atomic E-state index is 1.03. The molecule has 5 rings (SSSR count). The van der Waals surface area contributed by atoms with Crippen LogP contribution in [-0.4, -0.2) is 0 Å². The fourth-order valence-electron chi connectivity index (χ4n) is 3.68. The van der Waals surface area contributed by atoms with Crippen LogP contribution >= 0.6 is 0 Å². The molecular weight excluding hydrogens is 256 g/mol. The topological polar surface area (TPSA) is 13.1 Å². The first-order valence-electron chi connectivity index (χ1n) is 7.31. The fourth-order valence-corrected chi connectivity index (χ4v) is 3.68. The molecule has 0 bridgehead atoms. The summed E-state index contributed by atoms with van der Waals surface area (Å²) < 4.78 is 6.29. The molecule has 0 saturated carbocycles. The Hall–Kier alpha value is -2.54. The van der Waals surface area contributed by atoms with Crippen molar-refractivity contribution < 1.29 is 4.42 Å². The van der Waals surface area contributed by atoms with Gasteiger partial charge < -0.3 is 4.42 Å². The SMILES string of the molecule is Cc1ccc(C)c2c3c(oc12)-c1cccc2cccc-3c12. The molecule has 1 heteroatoms. The average molecular weight is 270 g/mol. The Morgan fingerprint density at radius 1 is 0.714 bits per heavy atom. The number of fused-ring (bicyclic) bond motifs is 5. The number of furan rings is 1. The van der Waals surface area contributed by atoms with Crippen LogP contribution in [0.3, 0.4) is 0 Å². The largest absolute Gasteiger partial charge is 0.455 e. The second-order valence-electron chi connectivity index (χ2n) is 5.92. The summed E-state index contributed by atoms with van der Waals surface area (Å²) >= 11 is 0. The molecule has 1 aromatic heterocycles. The molecule has 0 aliphatic heterocycles. The van der Waals surface area contributed by atoms with E-state index in [0.29, 0.717) is 0 Å². The number of hydrogen-bond acceptors (Lipinski definition) is 1. The Morgan fingerprint density at radius 2 is 1.43 bits per heavy atom. The summed E-state index contributed by atoms with van der Waals surface area (Å²) in [5.74, 6) is 1.04.